The van der Waals surface area contributed by atoms with Crippen molar-refractivity contribution in [3.63, 3.8) is 0 Å². The number of carboxylic acids is 1. The Morgan fingerprint density at radius 1 is 1.53 bits per heavy atom. The average molecular weight is 268 g/mol. The molecule has 0 amide bonds. The number of benzene rings is 1. The maximum absolute atomic E-state index is 11.1. The third kappa shape index (κ3) is 3.15. The second-order valence-corrected chi connectivity index (χ2v) is 4.88. The molecule has 0 fully saturated rings. The summed E-state index contributed by atoms with van der Waals surface area (Å²) in [7, 11) is 0. The summed E-state index contributed by atoms with van der Waals surface area (Å²) in [4.78, 5) is 11.1. The van der Waals surface area contributed by atoms with Gasteiger partial charge < -0.3 is 25.4 Å². The summed E-state index contributed by atoms with van der Waals surface area (Å²) in [5, 5.41) is 14.2. The summed E-state index contributed by atoms with van der Waals surface area (Å²) in [6, 6.07) is 4.33. The lowest BCUT2D eigenvalue weighted by molar-refractivity contribution is -0.141. The van der Waals surface area contributed by atoms with E-state index in [2.05, 4.69) is 5.11 Å². The van der Waals surface area contributed by atoms with Crippen molar-refractivity contribution in [2.45, 2.75) is 25.0 Å². The summed E-state index contributed by atoms with van der Waals surface area (Å²) in [5.74, 6) is 0.164. The predicted molar refractivity (Wildman–Crippen MR) is 67.3 cm³/mol. The highest BCUT2D eigenvalue weighted by Gasteiger charge is 2.36. The zero-order chi connectivity index (χ0) is 14.8. The van der Waals surface area contributed by atoms with E-state index in [1.807, 2.05) is 13.0 Å². The molecule has 1 heterocycles. The Labute approximate surface area is 112 Å². The molecule has 2 atom stereocenters. The van der Waals surface area contributed by atoms with Gasteiger partial charge in [-0.05, 0) is 24.6 Å². The standard InChI is InChI=1S/C13H17NO5/c1-8-2-3-10-11(4-8)19-7-13(17,6-18-10)5-9(14)12(15)16/h2-4,9,17H,5-7,14H2,1H3,(H,15,16)/t9-,13?/m0/s1/i/hD. The fraction of sp³-hybridized carbons (Fsp3) is 0.462. The summed E-state index contributed by atoms with van der Waals surface area (Å²) in [6.07, 6.45) is -0.113. The monoisotopic (exact) mass is 268 g/mol. The van der Waals surface area contributed by atoms with Crippen LogP contribution >= 0.6 is 0 Å². The Kier molecular flexibility index (Phi) is 3.27. The highest BCUT2D eigenvalue weighted by molar-refractivity contribution is 5.73. The number of carboxylic acid groups (broad SMARTS) is 1. The van der Waals surface area contributed by atoms with Crippen molar-refractivity contribution in [1.82, 2.24) is 0 Å². The van der Waals surface area contributed by atoms with Gasteiger partial charge in [0.15, 0.2) is 11.5 Å². The van der Waals surface area contributed by atoms with Gasteiger partial charge >= 0.3 is 5.97 Å². The van der Waals surface area contributed by atoms with E-state index in [0.29, 0.717) is 11.5 Å². The molecule has 19 heavy (non-hydrogen) atoms. The fourth-order valence-corrected chi connectivity index (χ4v) is 1.92. The Balaban J connectivity index is 2.08. The quantitative estimate of drug-likeness (QED) is 0.728. The molecule has 0 bridgehead atoms. The number of ether oxygens (including phenoxy) is 2. The van der Waals surface area contributed by atoms with Crippen molar-refractivity contribution in [2.75, 3.05) is 13.2 Å². The van der Waals surface area contributed by atoms with Crippen molar-refractivity contribution < 1.29 is 24.5 Å². The molecule has 4 N–H and O–H groups in total. The topological polar surface area (TPSA) is 102 Å². The zero-order valence-electron chi connectivity index (χ0n) is 11.6. The highest BCUT2D eigenvalue weighted by atomic mass is 16.6. The lowest BCUT2D eigenvalue weighted by Crippen LogP contribution is -2.48. The van der Waals surface area contributed by atoms with Gasteiger partial charge in [-0.2, -0.15) is 0 Å². The first-order valence-electron chi connectivity index (χ1n) is 6.35. The average Bonchev–Trinajstić information content (AvgIpc) is 2.58. The number of hydrogen-bond donors (Lipinski definition) is 3. The minimum absolute atomic E-state index is 0.0531. The van der Waals surface area contributed by atoms with E-state index >= 15 is 0 Å². The van der Waals surface area contributed by atoms with Gasteiger partial charge in [0, 0.05) is 6.42 Å². The van der Waals surface area contributed by atoms with Crippen molar-refractivity contribution in [2.24, 2.45) is 5.73 Å². The van der Waals surface area contributed by atoms with Gasteiger partial charge in [0.25, 0.3) is 1.43 Å². The van der Waals surface area contributed by atoms with Gasteiger partial charge in [-0.25, -0.2) is 0 Å². The first-order valence-corrected chi connectivity index (χ1v) is 5.95. The Bertz CT molecular complexity index is 510. The molecule has 1 aliphatic heterocycles. The van der Waals surface area contributed by atoms with Crippen molar-refractivity contribution in [1.29, 1.82) is 1.43 Å². The number of hydrogen-bond acceptors (Lipinski definition) is 6. The molecule has 104 valence electrons. The molecule has 0 spiro atoms. The zero-order valence-corrected chi connectivity index (χ0v) is 10.6. The largest absolute Gasteiger partial charge is 0.487 e. The predicted octanol–water partition coefficient (Wildman–Crippen LogP) is 0.299. The minimum Gasteiger partial charge on any atom is -0.487 e. The van der Waals surface area contributed by atoms with E-state index in [0.717, 1.165) is 5.56 Å². The molecule has 0 saturated heterocycles. The number of aliphatic carboxylic acids is 1. The summed E-state index contributed by atoms with van der Waals surface area (Å²) in [5.41, 5.74) is 5.15. The van der Waals surface area contributed by atoms with Crippen LogP contribution in [0.4, 0.5) is 0 Å². The second kappa shape index (κ2) is 5.07. The first-order chi connectivity index (χ1) is 9.43. The Morgan fingerprint density at radius 3 is 2.89 bits per heavy atom. The first kappa shape index (κ1) is 12.3. The molecule has 0 aromatic heterocycles. The number of aryl methyl sites for hydroxylation is 1. The number of carbonyl (C=O) groups is 1. The van der Waals surface area contributed by atoms with Crippen LogP contribution in [0.2, 0.25) is 0 Å². The Hall–Kier alpha value is -1.79. The van der Waals surface area contributed by atoms with Crippen LogP contribution in [0.3, 0.4) is 0 Å². The molecule has 6 nitrogen and oxygen atoms in total. The fourth-order valence-electron chi connectivity index (χ4n) is 1.92. The van der Waals surface area contributed by atoms with Gasteiger partial charge in [-0.1, -0.05) is 6.07 Å². The molecule has 6 heteroatoms. The minimum atomic E-state index is -1.42. The van der Waals surface area contributed by atoms with E-state index in [4.69, 9.17) is 16.6 Å². The van der Waals surface area contributed by atoms with Crippen molar-refractivity contribution in [3.05, 3.63) is 23.8 Å². The molecule has 0 aliphatic carbocycles. The molecule has 1 unspecified atom stereocenters. The number of fused-ring (bicyclic) bond motifs is 1. The third-order valence-corrected chi connectivity index (χ3v) is 2.99. The van der Waals surface area contributed by atoms with Crippen LogP contribution in [0.5, 0.6) is 11.5 Å². The molecule has 2 rings (SSSR count). The van der Waals surface area contributed by atoms with Crippen molar-refractivity contribution in [3.8, 4) is 11.5 Å². The molecule has 1 aromatic rings. The maximum Gasteiger partial charge on any atom is 0.320 e. The third-order valence-electron chi connectivity index (χ3n) is 2.99. The molecular formula is C13H17NO5. The van der Waals surface area contributed by atoms with E-state index in [1.54, 1.807) is 12.1 Å². The lowest BCUT2D eigenvalue weighted by Gasteiger charge is -2.26. The molecule has 1 aromatic carbocycles. The number of rotatable bonds is 3. The van der Waals surface area contributed by atoms with E-state index < -0.39 is 17.6 Å². The van der Waals surface area contributed by atoms with E-state index in [9.17, 15) is 9.90 Å². The molecular weight excluding hydrogens is 250 g/mol. The van der Waals surface area contributed by atoms with Gasteiger partial charge in [0.05, 0.1) is 0 Å². The van der Waals surface area contributed by atoms with E-state index in [1.165, 1.54) is 0 Å². The summed E-state index contributed by atoms with van der Waals surface area (Å²) >= 11 is 0. The van der Waals surface area contributed by atoms with Crippen LogP contribution in [-0.4, -0.2) is 41.0 Å². The Morgan fingerprint density at radius 2 is 2.21 bits per heavy atom. The SMILES string of the molecule is [2H]OC(=O)[C@@H](N)CC1(O)COc2ccc(C)cc2OC1. The van der Waals surface area contributed by atoms with E-state index in [-0.39, 0.29) is 19.6 Å². The smallest absolute Gasteiger partial charge is 0.320 e. The molecule has 0 radical (unpaired) electrons. The molecule has 0 saturated carbocycles. The van der Waals surface area contributed by atoms with Gasteiger partial charge in [0.1, 0.15) is 24.9 Å². The van der Waals surface area contributed by atoms with Gasteiger partial charge in [-0.3, -0.25) is 4.79 Å². The second-order valence-electron chi connectivity index (χ2n) is 4.88. The number of nitrogens with two attached hydrogens (primary N) is 1. The van der Waals surface area contributed by atoms with Gasteiger partial charge in [-0.15, -0.1) is 0 Å². The lowest BCUT2D eigenvalue weighted by atomic mass is 9.97. The summed E-state index contributed by atoms with van der Waals surface area (Å²) < 4.78 is 17.6. The van der Waals surface area contributed by atoms with Crippen LogP contribution in [0.25, 0.3) is 1.43 Å². The molecule has 1 aliphatic rings. The van der Waals surface area contributed by atoms with Crippen LogP contribution < -0.4 is 15.2 Å². The number of aliphatic hydroxyl groups is 1. The highest BCUT2D eigenvalue weighted by Crippen LogP contribution is 2.33. The maximum atomic E-state index is 11.1. The van der Waals surface area contributed by atoms with Gasteiger partial charge in [0.2, 0.25) is 0 Å². The van der Waals surface area contributed by atoms with Crippen molar-refractivity contribution >= 4 is 5.97 Å². The van der Waals surface area contributed by atoms with Crippen LogP contribution in [0.1, 0.15) is 12.0 Å². The normalized spacial score (nSPS) is 24.1. The van der Waals surface area contributed by atoms with Crippen LogP contribution in [-0.2, 0) is 4.79 Å². The van der Waals surface area contributed by atoms with Crippen LogP contribution in [0, 0.1) is 6.92 Å². The van der Waals surface area contributed by atoms with Crippen LogP contribution in [0.15, 0.2) is 18.2 Å². The summed E-state index contributed by atoms with van der Waals surface area (Å²) in [6.45, 7) is 1.81.